The van der Waals surface area contributed by atoms with Gasteiger partial charge in [-0.3, -0.25) is 4.79 Å². The maximum Gasteiger partial charge on any atom is 0.225 e. The Morgan fingerprint density at radius 3 is 2.53 bits per heavy atom. The summed E-state index contributed by atoms with van der Waals surface area (Å²) in [6.45, 7) is 4.04. The van der Waals surface area contributed by atoms with Crippen molar-refractivity contribution < 1.29 is 4.79 Å². The van der Waals surface area contributed by atoms with Crippen LogP contribution in [0.3, 0.4) is 0 Å². The van der Waals surface area contributed by atoms with E-state index in [9.17, 15) is 4.79 Å². The van der Waals surface area contributed by atoms with E-state index in [1.54, 1.807) is 0 Å². The van der Waals surface area contributed by atoms with E-state index in [1.165, 1.54) is 0 Å². The normalized spacial score (nSPS) is 10.5. The molecule has 0 saturated carbocycles. The molecule has 1 aromatic carbocycles. The number of pyridine rings is 1. The number of benzene rings is 1. The van der Waals surface area contributed by atoms with Crippen LogP contribution in [0.4, 0.5) is 5.82 Å². The second-order valence-corrected chi connectivity index (χ2v) is 4.92. The molecule has 98 valence electrons. The van der Waals surface area contributed by atoms with Crippen LogP contribution in [-0.4, -0.2) is 10.9 Å². The van der Waals surface area contributed by atoms with Crippen LogP contribution in [0.25, 0.3) is 11.3 Å². The Balaban J connectivity index is 2.14. The van der Waals surface area contributed by atoms with Crippen LogP contribution in [-0.2, 0) is 4.79 Å². The van der Waals surface area contributed by atoms with E-state index in [1.807, 2.05) is 62.4 Å². The molecule has 0 unspecified atom stereocenters. The van der Waals surface area contributed by atoms with Gasteiger partial charge in [0.1, 0.15) is 5.82 Å². The van der Waals surface area contributed by atoms with Crippen LogP contribution >= 0.6 is 0 Å². The number of carbonyl (C=O) groups is 1. The number of rotatable bonds is 4. The third-order valence-electron chi connectivity index (χ3n) is 2.68. The first-order valence-corrected chi connectivity index (χ1v) is 6.47. The van der Waals surface area contributed by atoms with Gasteiger partial charge >= 0.3 is 0 Å². The molecule has 19 heavy (non-hydrogen) atoms. The minimum Gasteiger partial charge on any atom is -0.311 e. The van der Waals surface area contributed by atoms with E-state index in [-0.39, 0.29) is 5.91 Å². The lowest BCUT2D eigenvalue weighted by atomic mass is 10.1. The van der Waals surface area contributed by atoms with E-state index in [0.717, 1.165) is 11.3 Å². The van der Waals surface area contributed by atoms with Crippen molar-refractivity contribution in [2.45, 2.75) is 20.3 Å². The lowest BCUT2D eigenvalue weighted by Crippen LogP contribution is -2.14. The van der Waals surface area contributed by atoms with Gasteiger partial charge in [-0.1, -0.05) is 50.2 Å². The number of amides is 1. The van der Waals surface area contributed by atoms with Gasteiger partial charge in [-0.2, -0.15) is 0 Å². The predicted molar refractivity (Wildman–Crippen MR) is 77.8 cm³/mol. The number of nitrogens with one attached hydrogen (secondary N) is 1. The standard InChI is InChI=1S/C16H18N2O/c1-12(2)11-16(19)18-15-10-6-9-14(17-15)13-7-4-3-5-8-13/h3-10,12H,11H2,1-2H3,(H,17,18,19). The third-order valence-corrected chi connectivity index (χ3v) is 2.68. The second-order valence-electron chi connectivity index (χ2n) is 4.92. The Bertz CT molecular complexity index is 550. The minimum absolute atomic E-state index is 0.00714. The van der Waals surface area contributed by atoms with Gasteiger partial charge in [0.25, 0.3) is 0 Å². The summed E-state index contributed by atoms with van der Waals surface area (Å²) in [5.74, 6) is 0.956. The van der Waals surface area contributed by atoms with Crippen LogP contribution in [0.5, 0.6) is 0 Å². The van der Waals surface area contributed by atoms with E-state index >= 15 is 0 Å². The first kappa shape index (κ1) is 13.3. The third kappa shape index (κ3) is 3.91. The molecule has 0 aliphatic rings. The average molecular weight is 254 g/mol. The largest absolute Gasteiger partial charge is 0.311 e. The molecule has 0 aliphatic heterocycles. The number of carbonyl (C=O) groups excluding carboxylic acids is 1. The topological polar surface area (TPSA) is 42.0 Å². The molecule has 3 nitrogen and oxygen atoms in total. The Hall–Kier alpha value is -2.16. The lowest BCUT2D eigenvalue weighted by molar-refractivity contribution is -0.116. The molecule has 2 aromatic rings. The van der Waals surface area contributed by atoms with E-state index in [0.29, 0.717) is 18.2 Å². The van der Waals surface area contributed by atoms with Crippen molar-refractivity contribution in [1.82, 2.24) is 4.98 Å². The zero-order valence-corrected chi connectivity index (χ0v) is 11.3. The highest BCUT2D eigenvalue weighted by atomic mass is 16.1. The molecule has 0 aliphatic carbocycles. The quantitative estimate of drug-likeness (QED) is 0.903. The molecule has 1 N–H and O–H groups in total. The molecule has 2 rings (SSSR count). The fourth-order valence-electron chi connectivity index (χ4n) is 1.84. The summed E-state index contributed by atoms with van der Waals surface area (Å²) in [5, 5.41) is 2.83. The Morgan fingerprint density at radius 1 is 1.11 bits per heavy atom. The molecule has 0 radical (unpaired) electrons. The maximum absolute atomic E-state index is 11.7. The van der Waals surface area contributed by atoms with E-state index in [2.05, 4.69) is 10.3 Å². The van der Waals surface area contributed by atoms with Crippen molar-refractivity contribution in [2.24, 2.45) is 5.92 Å². The van der Waals surface area contributed by atoms with Crippen LogP contribution < -0.4 is 5.32 Å². The zero-order chi connectivity index (χ0) is 13.7. The fraction of sp³-hybridized carbons (Fsp3) is 0.250. The smallest absolute Gasteiger partial charge is 0.225 e. The summed E-state index contributed by atoms with van der Waals surface area (Å²) < 4.78 is 0. The van der Waals surface area contributed by atoms with Crippen molar-refractivity contribution in [3.63, 3.8) is 0 Å². The van der Waals surface area contributed by atoms with E-state index < -0.39 is 0 Å². The monoisotopic (exact) mass is 254 g/mol. The van der Waals surface area contributed by atoms with Gasteiger partial charge in [0, 0.05) is 12.0 Å². The van der Waals surface area contributed by atoms with Crippen LogP contribution in [0, 0.1) is 5.92 Å². The molecule has 3 heteroatoms. The van der Waals surface area contributed by atoms with Crippen molar-refractivity contribution >= 4 is 11.7 Å². The molecule has 1 aromatic heterocycles. The number of hydrogen-bond donors (Lipinski definition) is 1. The summed E-state index contributed by atoms with van der Waals surface area (Å²) in [6, 6.07) is 15.6. The van der Waals surface area contributed by atoms with Crippen molar-refractivity contribution in [3.05, 3.63) is 48.5 Å². The SMILES string of the molecule is CC(C)CC(=O)Nc1cccc(-c2ccccc2)n1. The molecule has 0 bridgehead atoms. The summed E-state index contributed by atoms with van der Waals surface area (Å²) in [6.07, 6.45) is 0.511. The van der Waals surface area contributed by atoms with Gasteiger partial charge in [-0.25, -0.2) is 4.98 Å². The van der Waals surface area contributed by atoms with Gasteiger partial charge in [0.15, 0.2) is 0 Å². The summed E-state index contributed by atoms with van der Waals surface area (Å²) >= 11 is 0. The molecule has 1 heterocycles. The average Bonchev–Trinajstić information content (AvgIpc) is 2.39. The second kappa shape index (κ2) is 6.14. The Labute approximate surface area is 113 Å². The van der Waals surface area contributed by atoms with Gasteiger partial charge in [0.05, 0.1) is 5.69 Å². The molecule has 0 spiro atoms. The molecule has 1 amide bonds. The zero-order valence-electron chi connectivity index (χ0n) is 11.3. The summed E-state index contributed by atoms with van der Waals surface area (Å²) in [7, 11) is 0. The first-order chi connectivity index (χ1) is 9.15. The van der Waals surface area contributed by atoms with Crippen LogP contribution in [0.2, 0.25) is 0 Å². The van der Waals surface area contributed by atoms with Gasteiger partial charge in [-0.05, 0) is 18.1 Å². The number of aromatic nitrogens is 1. The number of hydrogen-bond acceptors (Lipinski definition) is 2. The fourth-order valence-corrected chi connectivity index (χ4v) is 1.84. The molecular formula is C16H18N2O. The van der Waals surface area contributed by atoms with Crippen molar-refractivity contribution in [1.29, 1.82) is 0 Å². The lowest BCUT2D eigenvalue weighted by Gasteiger charge is -2.08. The van der Waals surface area contributed by atoms with Crippen molar-refractivity contribution in [3.8, 4) is 11.3 Å². The molecular weight excluding hydrogens is 236 g/mol. The highest BCUT2D eigenvalue weighted by molar-refractivity contribution is 5.90. The molecule has 0 atom stereocenters. The predicted octanol–water partition coefficient (Wildman–Crippen LogP) is 3.73. The van der Waals surface area contributed by atoms with Crippen LogP contribution in [0.15, 0.2) is 48.5 Å². The highest BCUT2D eigenvalue weighted by Gasteiger charge is 2.06. The van der Waals surface area contributed by atoms with Gasteiger partial charge in [0.2, 0.25) is 5.91 Å². The van der Waals surface area contributed by atoms with Crippen molar-refractivity contribution in [2.75, 3.05) is 5.32 Å². The molecule has 0 fully saturated rings. The number of anilines is 1. The Morgan fingerprint density at radius 2 is 1.84 bits per heavy atom. The van der Waals surface area contributed by atoms with Gasteiger partial charge < -0.3 is 5.32 Å². The number of nitrogens with zero attached hydrogens (tertiary/aromatic N) is 1. The first-order valence-electron chi connectivity index (χ1n) is 6.47. The van der Waals surface area contributed by atoms with E-state index in [4.69, 9.17) is 0 Å². The minimum atomic E-state index is 0.00714. The maximum atomic E-state index is 11.7. The van der Waals surface area contributed by atoms with Crippen LogP contribution in [0.1, 0.15) is 20.3 Å². The Kier molecular flexibility index (Phi) is 4.29. The molecule has 0 saturated heterocycles. The summed E-state index contributed by atoms with van der Waals surface area (Å²) in [4.78, 5) is 16.2. The summed E-state index contributed by atoms with van der Waals surface area (Å²) in [5.41, 5.74) is 1.91. The van der Waals surface area contributed by atoms with Gasteiger partial charge in [-0.15, -0.1) is 0 Å². The highest BCUT2D eigenvalue weighted by Crippen LogP contribution is 2.18.